The highest BCUT2D eigenvalue weighted by molar-refractivity contribution is 5.67. The van der Waals surface area contributed by atoms with Crippen LogP contribution in [0.1, 0.15) is 67.4 Å². The van der Waals surface area contributed by atoms with E-state index in [2.05, 4.69) is 4.98 Å². The van der Waals surface area contributed by atoms with Gasteiger partial charge < -0.3 is 9.64 Å². The first-order valence-corrected chi connectivity index (χ1v) is 10.5. The highest BCUT2D eigenvalue weighted by Gasteiger charge is 2.42. The van der Waals surface area contributed by atoms with E-state index in [1.165, 1.54) is 7.11 Å². The van der Waals surface area contributed by atoms with E-state index in [4.69, 9.17) is 9.84 Å². The summed E-state index contributed by atoms with van der Waals surface area (Å²) in [7, 11) is 1.38. The van der Waals surface area contributed by atoms with Gasteiger partial charge in [0.25, 0.3) is 0 Å². The molecule has 0 radical (unpaired) electrons. The number of fused-ring (bicyclic) bond motifs is 1. The van der Waals surface area contributed by atoms with Gasteiger partial charge in [0.2, 0.25) is 0 Å². The van der Waals surface area contributed by atoms with Crippen molar-refractivity contribution in [1.82, 2.24) is 19.5 Å². The van der Waals surface area contributed by atoms with E-state index in [0.29, 0.717) is 31.6 Å². The topological polar surface area (TPSA) is 59.7 Å². The molecule has 0 aromatic carbocycles. The summed E-state index contributed by atoms with van der Waals surface area (Å²) in [5, 5.41) is 4.77. The van der Waals surface area contributed by atoms with Gasteiger partial charge >= 0.3 is 12.3 Å². The fourth-order valence-corrected chi connectivity index (χ4v) is 4.87. The second-order valence-electron chi connectivity index (χ2n) is 8.51. The molecule has 1 saturated carbocycles. The van der Waals surface area contributed by atoms with Crippen molar-refractivity contribution >= 4 is 11.7 Å². The minimum atomic E-state index is -4.11. The number of hydrogen-bond acceptors (Lipinski definition) is 4. The quantitative estimate of drug-likeness (QED) is 0.694. The Morgan fingerprint density at radius 3 is 2.53 bits per heavy atom. The number of halogens is 3. The lowest BCUT2D eigenvalue weighted by molar-refractivity contribution is -0.182. The largest absolute Gasteiger partial charge is 0.453 e. The zero-order valence-corrected chi connectivity index (χ0v) is 17.3. The third-order valence-corrected chi connectivity index (χ3v) is 6.48. The summed E-state index contributed by atoms with van der Waals surface area (Å²) < 4.78 is 45.7. The minimum Gasteiger partial charge on any atom is -0.453 e. The molecule has 2 aliphatic rings. The maximum atomic E-state index is 13.0. The van der Waals surface area contributed by atoms with E-state index in [9.17, 15) is 18.0 Å². The summed E-state index contributed by atoms with van der Waals surface area (Å²) in [5.41, 5.74) is 3.38. The molecule has 9 heteroatoms. The van der Waals surface area contributed by atoms with Gasteiger partial charge in [0.1, 0.15) is 0 Å². The number of aryl methyl sites for hydroxylation is 1. The number of aromatic nitrogens is 3. The predicted octanol–water partition coefficient (Wildman–Crippen LogP) is 4.82. The van der Waals surface area contributed by atoms with Crippen LogP contribution in [0, 0.1) is 12.8 Å². The molecule has 1 aliphatic carbocycles. The van der Waals surface area contributed by atoms with Crippen LogP contribution < -0.4 is 0 Å². The Labute approximate surface area is 173 Å². The summed E-state index contributed by atoms with van der Waals surface area (Å²) >= 11 is 0. The summed E-state index contributed by atoms with van der Waals surface area (Å²) in [6, 6.07) is 3.91. The number of nitrogens with zero attached hydrogens (tertiary/aromatic N) is 4. The highest BCUT2D eigenvalue weighted by Crippen LogP contribution is 2.42. The van der Waals surface area contributed by atoms with Crippen LogP contribution in [0.15, 0.2) is 12.1 Å². The van der Waals surface area contributed by atoms with Crippen LogP contribution in [0.2, 0.25) is 0 Å². The van der Waals surface area contributed by atoms with Crippen LogP contribution >= 0.6 is 0 Å². The number of piperidine rings is 1. The predicted molar refractivity (Wildman–Crippen MR) is 104 cm³/mol. The molecule has 0 unspecified atom stereocenters. The van der Waals surface area contributed by atoms with Crippen LogP contribution in [0.3, 0.4) is 0 Å². The Morgan fingerprint density at radius 1 is 1.13 bits per heavy atom. The monoisotopic (exact) mass is 424 g/mol. The van der Waals surface area contributed by atoms with Gasteiger partial charge in [-0.1, -0.05) is 0 Å². The molecule has 3 heterocycles. The first kappa shape index (κ1) is 20.9. The molecule has 1 aliphatic heterocycles. The van der Waals surface area contributed by atoms with E-state index in [1.807, 2.05) is 23.6 Å². The number of amides is 1. The summed E-state index contributed by atoms with van der Waals surface area (Å²) in [6.45, 7) is 3.14. The van der Waals surface area contributed by atoms with Crippen molar-refractivity contribution in [3.63, 3.8) is 0 Å². The number of carbonyl (C=O) groups excluding carboxylic acids is 1. The van der Waals surface area contributed by atoms with E-state index in [1.54, 1.807) is 4.90 Å². The third-order valence-electron chi connectivity index (χ3n) is 6.48. The van der Waals surface area contributed by atoms with Crippen LogP contribution in [0.5, 0.6) is 0 Å². The van der Waals surface area contributed by atoms with Crippen LogP contribution in [0.4, 0.5) is 18.0 Å². The second-order valence-corrected chi connectivity index (χ2v) is 8.51. The summed E-state index contributed by atoms with van der Waals surface area (Å²) in [5.74, 6) is -1.07. The molecule has 0 spiro atoms. The molecule has 6 nitrogen and oxygen atoms in total. The molecule has 1 amide bonds. The molecule has 4 rings (SSSR count). The van der Waals surface area contributed by atoms with Crippen molar-refractivity contribution in [3.8, 4) is 0 Å². The minimum absolute atomic E-state index is 0.0244. The van der Waals surface area contributed by atoms with E-state index in [0.717, 1.165) is 29.9 Å². The maximum absolute atomic E-state index is 13.0. The number of rotatable bonds is 2. The lowest BCUT2D eigenvalue weighted by atomic mass is 9.80. The molecule has 30 heavy (non-hydrogen) atoms. The van der Waals surface area contributed by atoms with Gasteiger partial charge in [-0.15, -0.1) is 0 Å². The number of carbonyl (C=O) groups is 1. The average molecular weight is 424 g/mol. The molecular weight excluding hydrogens is 397 g/mol. The van der Waals surface area contributed by atoms with Crippen molar-refractivity contribution < 1.29 is 22.7 Å². The lowest BCUT2D eigenvalue weighted by Crippen LogP contribution is -2.39. The summed E-state index contributed by atoms with van der Waals surface area (Å²) in [4.78, 5) is 18.3. The van der Waals surface area contributed by atoms with Crippen molar-refractivity contribution in [2.45, 2.75) is 63.5 Å². The van der Waals surface area contributed by atoms with Crippen molar-refractivity contribution in [3.05, 3.63) is 29.2 Å². The Kier molecular flexibility index (Phi) is 5.63. The Bertz CT molecular complexity index is 919. The first-order chi connectivity index (χ1) is 14.3. The maximum Gasteiger partial charge on any atom is 0.409 e. The first-order valence-electron chi connectivity index (χ1n) is 10.5. The molecule has 1 atom stereocenters. The Hall–Kier alpha value is -2.32. The zero-order chi connectivity index (χ0) is 21.5. The van der Waals surface area contributed by atoms with Gasteiger partial charge in [-0.3, -0.25) is 0 Å². The highest BCUT2D eigenvalue weighted by atomic mass is 19.4. The molecule has 0 bridgehead atoms. The molecule has 2 aromatic heterocycles. The smallest absolute Gasteiger partial charge is 0.409 e. The fourth-order valence-electron chi connectivity index (χ4n) is 4.87. The van der Waals surface area contributed by atoms with Gasteiger partial charge in [0, 0.05) is 36.7 Å². The fraction of sp³-hybridized carbons (Fsp3) is 0.667. The number of methoxy groups -OCH3 is 1. The Morgan fingerprint density at radius 2 is 1.87 bits per heavy atom. The van der Waals surface area contributed by atoms with E-state index >= 15 is 0 Å². The zero-order valence-electron chi connectivity index (χ0n) is 17.3. The second kappa shape index (κ2) is 8.07. The normalized spacial score (nSPS) is 25.5. The molecule has 1 saturated heterocycles. The SMILES string of the molecule is COC(=O)N1CCC[C@H](c2cc(C)nc3cc(C4CCC(C(F)(F)F)CC4)nn23)C1. The number of hydrogen-bond donors (Lipinski definition) is 0. The van der Waals surface area contributed by atoms with Crippen molar-refractivity contribution in [1.29, 1.82) is 0 Å². The molecule has 164 valence electrons. The van der Waals surface area contributed by atoms with E-state index in [-0.39, 0.29) is 30.8 Å². The van der Waals surface area contributed by atoms with Gasteiger partial charge in [-0.05, 0) is 51.5 Å². The van der Waals surface area contributed by atoms with Crippen molar-refractivity contribution in [2.24, 2.45) is 5.92 Å². The number of alkyl halides is 3. The van der Waals surface area contributed by atoms with Crippen molar-refractivity contribution in [2.75, 3.05) is 20.2 Å². The molecule has 0 N–H and O–H groups in total. The third kappa shape index (κ3) is 4.11. The standard InChI is InChI=1S/C21H27F3N4O2/c1-13-10-18(15-4-3-9-27(12-15)20(29)30-2)28-19(25-13)11-17(26-28)14-5-7-16(8-6-14)21(22,23)24/h10-11,14-16H,3-9,12H2,1-2H3/t14?,15-,16?/m0/s1. The van der Waals surface area contributed by atoms with Gasteiger partial charge in [-0.25, -0.2) is 14.3 Å². The number of likely N-dealkylation sites (tertiary alicyclic amines) is 1. The van der Waals surface area contributed by atoms with Crippen LogP contribution in [-0.2, 0) is 4.74 Å². The van der Waals surface area contributed by atoms with Gasteiger partial charge in [0.15, 0.2) is 5.65 Å². The molecular formula is C21H27F3N4O2. The average Bonchev–Trinajstić information content (AvgIpc) is 3.16. The number of ether oxygens (including phenoxy) is 1. The Balaban J connectivity index is 1.59. The lowest BCUT2D eigenvalue weighted by Gasteiger charge is -2.32. The van der Waals surface area contributed by atoms with Crippen LogP contribution in [0.25, 0.3) is 5.65 Å². The van der Waals surface area contributed by atoms with Crippen LogP contribution in [-0.4, -0.2) is 52.0 Å². The van der Waals surface area contributed by atoms with Gasteiger partial charge in [0.05, 0.1) is 24.4 Å². The summed E-state index contributed by atoms with van der Waals surface area (Å²) in [6.07, 6.45) is -1.36. The molecule has 2 fully saturated rings. The van der Waals surface area contributed by atoms with Gasteiger partial charge in [-0.2, -0.15) is 18.3 Å². The van der Waals surface area contributed by atoms with E-state index < -0.39 is 12.1 Å². The molecule has 2 aromatic rings.